The number of rotatable bonds is 9. The van der Waals surface area contributed by atoms with Crippen LogP contribution in [-0.2, 0) is 4.74 Å². The van der Waals surface area contributed by atoms with Crippen molar-refractivity contribution in [2.75, 3.05) is 39.4 Å². The lowest BCUT2D eigenvalue weighted by Crippen LogP contribution is -2.43. The molecule has 0 aromatic rings. The molecule has 1 atom stereocenters. The molecule has 1 aliphatic rings. The van der Waals surface area contributed by atoms with E-state index in [4.69, 9.17) is 4.74 Å². The second kappa shape index (κ2) is 9.86. The Kier molecular flexibility index (Phi) is 8.67. The van der Waals surface area contributed by atoms with Gasteiger partial charge in [-0.25, -0.2) is 0 Å². The number of unbranched alkanes of at least 4 members (excludes halogenated alkanes) is 2. The van der Waals surface area contributed by atoms with Gasteiger partial charge in [0, 0.05) is 12.6 Å². The van der Waals surface area contributed by atoms with Gasteiger partial charge in [-0.05, 0) is 38.9 Å². The fraction of sp³-hybridized carbons (Fsp3) is 1.00. The Morgan fingerprint density at radius 1 is 1.12 bits per heavy atom. The Morgan fingerprint density at radius 2 is 1.82 bits per heavy atom. The SMILES string of the molecule is CCCCN(CCCC)CCC1COCCN1. The largest absolute Gasteiger partial charge is 0.379 e. The van der Waals surface area contributed by atoms with Crippen LogP contribution in [0.3, 0.4) is 0 Å². The Morgan fingerprint density at radius 3 is 2.35 bits per heavy atom. The highest BCUT2D eigenvalue weighted by atomic mass is 16.5. The summed E-state index contributed by atoms with van der Waals surface area (Å²) in [6.07, 6.45) is 6.49. The molecule has 0 spiro atoms. The minimum atomic E-state index is 0.578. The van der Waals surface area contributed by atoms with E-state index >= 15 is 0 Å². The van der Waals surface area contributed by atoms with Gasteiger partial charge in [0.25, 0.3) is 0 Å². The Labute approximate surface area is 107 Å². The molecule has 0 saturated carbocycles. The number of nitrogens with zero attached hydrogens (tertiary/aromatic N) is 1. The normalized spacial score (nSPS) is 21.0. The Bertz CT molecular complexity index is 162. The van der Waals surface area contributed by atoms with Crippen molar-refractivity contribution < 1.29 is 4.74 Å². The Balaban J connectivity index is 2.16. The van der Waals surface area contributed by atoms with Gasteiger partial charge in [0.05, 0.1) is 13.2 Å². The zero-order chi connectivity index (χ0) is 12.3. The molecule has 0 aromatic carbocycles. The first-order chi connectivity index (χ1) is 8.36. The first-order valence-corrected chi connectivity index (χ1v) is 7.40. The molecular weight excluding hydrogens is 212 g/mol. The van der Waals surface area contributed by atoms with Crippen molar-refractivity contribution in [2.24, 2.45) is 0 Å². The van der Waals surface area contributed by atoms with Crippen molar-refractivity contribution in [3.8, 4) is 0 Å². The zero-order valence-corrected chi connectivity index (χ0v) is 11.7. The molecule has 0 bridgehead atoms. The standard InChI is InChI=1S/C14H30N2O/c1-3-5-9-16(10-6-4-2)11-7-14-13-17-12-8-15-14/h14-15H,3-13H2,1-2H3. The maximum Gasteiger partial charge on any atom is 0.0620 e. The summed E-state index contributed by atoms with van der Waals surface area (Å²) < 4.78 is 5.50. The number of ether oxygens (including phenoxy) is 1. The molecule has 1 saturated heterocycles. The molecule has 17 heavy (non-hydrogen) atoms. The predicted molar refractivity (Wildman–Crippen MR) is 73.5 cm³/mol. The average Bonchev–Trinajstić information content (AvgIpc) is 2.39. The van der Waals surface area contributed by atoms with Gasteiger partial charge in [0.2, 0.25) is 0 Å². The summed E-state index contributed by atoms with van der Waals surface area (Å²) in [5, 5.41) is 3.53. The third-order valence-corrected chi connectivity index (χ3v) is 3.45. The zero-order valence-electron chi connectivity index (χ0n) is 11.7. The van der Waals surface area contributed by atoms with Crippen molar-refractivity contribution in [1.29, 1.82) is 0 Å². The van der Waals surface area contributed by atoms with Crippen LogP contribution in [0.5, 0.6) is 0 Å². The maximum absolute atomic E-state index is 5.50. The second-order valence-electron chi connectivity index (χ2n) is 5.06. The molecule has 0 aromatic heterocycles. The van der Waals surface area contributed by atoms with Crippen molar-refractivity contribution in [2.45, 2.75) is 52.0 Å². The summed E-state index contributed by atoms with van der Waals surface area (Å²) in [6.45, 7) is 11.1. The monoisotopic (exact) mass is 242 g/mol. The molecule has 1 aliphatic heterocycles. The van der Waals surface area contributed by atoms with Crippen LogP contribution in [0, 0.1) is 0 Å². The van der Waals surface area contributed by atoms with Crippen LogP contribution in [0.1, 0.15) is 46.0 Å². The van der Waals surface area contributed by atoms with E-state index in [1.807, 2.05) is 0 Å². The van der Waals surface area contributed by atoms with E-state index in [1.165, 1.54) is 51.7 Å². The highest BCUT2D eigenvalue weighted by molar-refractivity contribution is 4.72. The van der Waals surface area contributed by atoms with Gasteiger partial charge in [-0.3, -0.25) is 0 Å². The number of hydrogen-bond donors (Lipinski definition) is 1. The molecular formula is C14H30N2O. The van der Waals surface area contributed by atoms with Gasteiger partial charge in [0.1, 0.15) is 0 Å². The molecule has 1 rings (SSSR count). The lowest BCUT2D eigenvalue weighted by molar-refractivity contribution is 0.0698. The van der Waals surface area contributed by atoms with Crippen molar-refractivity contribution in [1.82, 2.24) is 10.2 Å². The second-order valence-corrected chi connectivity index (χ2v) is 5.06. The van der Waals surface area contributed by atoms with Crippen molar-refractivity contribution in [3.63, 3.8) is 0 Å². The van der Waals surface area contributed by atoms with Crippen LogP contribution in [0.4, 0.5) is 0 Å². The lowest BCUT2D eigenvalue weighted by Gasteiger charge is -2.28. The molecule has 1 fully saturated rings. The van der Waals surface area contributed by atoms with E-state index < -0.39 is 0 Å². The number of nitrogens with one attached hydrogen (secondary N) is 1. The third kappa shape index (κ3) is 7.02. The molecule has 1 N–H and O–H groups in total. The van der Waals surface area contributed by atoms with Crippen LogP contribution in [0.25, 0.3) is 0 Å². The summed E-state index contributed by atoms with van der Waals surface area (Å²) >= 11 is 0. The molecule has 0 radical (unpaired) electrons. The summed E-state index contributed by atoms with van der Waals surface area (Å²) in [7, 11) is 0. The fourth-order valence-electron chi connectivity index (χ4n) is 2.24. The highest BCUT2D eigenvalue weighted by Gasteiger charge is 2.14. The topological polar surface area (TPSA) is 24.5 Å². The number of hydrogen-bond acceptors (Lipinski definition) is 3. The lowest BCUT2D eigenvalue weighted by atomic mass is 10.1. The average molecular weight is 242 g/mol. The number of morpholine rings is 1. The van der Waals surface area contributed by atoms with E-state index in [0.717, 1.165) is 19.8 Å². The summed E-state index contributed by atoms with van der Waals surface area (Å²) in [5.74, 6) is 0. The smallest absolute Gasteiger partial charge is 0.0620 e. The fourth-order valence-corrected chi connectivity index (χ4v) is 2.24. The van der Waals surface area contributed by atoms with Gasteiger partial charge < -0.3 is 15.0 Å². The first-order valence-electron chi connectivity index (χ1n) is 7.40. The van der Waals surface area contributed by atoms with Crippen LogP contribution in [0.2, 0.25) is 0 Å². The van der Waals surface area contributed by atoms with Gasteiger partial charge in [-0.1, -0.05) is 26.7 Å². The summed E-state index contributed by atoms with van der Waals surface area (Å²) in [6, 6.07) is 0.578. The molecule has 0 aliphatic carbocycles. The molecule has 1 unspecified atom stereocenters. The summed E-state index contributed by atoms with van der Waals surface area (Å²) in [5.41, 5.74) is 0. The molecule has 3 heteroatoms. The van der Waals surface area contributed by atoms with E-state index in [2.05, 4.69) is 24.1 Å². The van der Waals surface area contributed by atoms with Gasteiger partial charge in [-0.15, -0.1) is 0 Å². The van der Waals surface area contributed by atoms with E-state index in [0.29, 0.717) is 6.04 Å². The first kappa shape index (κ1) is 14.9. The van der Waals surface area contributed by atoms with Gasteiger partial charge >= 0.3 is 0 Å². The Hall–Kier alpha value is -0.120. The van der Waals surface area contributed by atoms with Crippen LogP contribution in [0.15, 0.2) is 0 Å². The van der Waals surface area contributed by atoms with E-state index in [-0.39, 0.29) is 0 Å². The van der Waals surface area contributed by atoms with Gasteiger partial charge in [0.15, 0.2) is 0 Å². The van der Waals surface area contributed by atoms with E-state index in [1.54, 1.807) is 0 Å². The molecule has 1 heterocycles. The molecule has 102 valence electrons. The van der Waals surface area contributed by atoms with Crippen LogP contribution >= 0.6 is 0 Å². The quantitative estimate of drug-likeness (QED) is 0.671. The maximum atomic E-state index is 5.50. The highest BCUT2D eigenvalue weighted by Crippen LogP contribution is 2.04. The minimum absolute atomic E-state index is 0.578. The van der Waals surface area contributed by atoms with E-state index in [9.17, 15) is 0 Å². The van der Waals surface area contributed by atoms with Crippen LogP contribution < -0.4 is 5.32 Å². The third-order valence-electron chi connectivity index (χ3n) is 3.45. The van der Waals surface area contributed by atoms with Crippen molar-refractivity contribution in [3.05, 3.63) is 0 Å². The molecule has 3 nitrogen and oxygen atoms in total. The minimum Gasteiger partial charge on any atom is -0.379 e. The summed E-state index contributed by atoms with van der Waals surface area (Å²) in [4.78, 5) is 2.63. The van der Waals surface area contributed by atoms with Crippen LogP contribution in [-0.4, -0.2) is 50.3 Å². The molecule has 0 amide bonds. The van der Waals surface area contributed by atoms with Crippen molar-refractivity contribution >= 4 is 0 Å². The predicted octanol–water partition coefficient (Wildman–Crippen LogP) is 2.27. The van der Waals surface area contributed by atoms with Gasteiger partial charge in [-0.2, -0.15) is 0 Å².